The number of aryl methyl sites for hydroxylation is 1. The average Bonchev–Trinajstić information content (AvgIpc) is 3.82. The minimum absolute atomic E-state index is 0.00733. The number of aliphatic hydroxyl groups is 1. The van der Waals surface area contributed by atoms with Gasteiger partial charge in [-0.15, -0.1) is 0 Å². The van der Waals surface area contributed by atoms with Crippen LogP contribution in [0.4, 0.5) is 5.69 Å². The fourth-order valence-electron chi connectivity index (χ4n) is 12.1. The molecule has 3 heterocycles. The smallest absolute Gasteiger partial charge is 0.306 e. The van der Waals surface area contributed by atoms with E-state index >= 15 is 4.79 Å². The summed E-state index contributed by atoms with van der Waals surface area (Å²) >= 11 is 0. The summed E-state index contributed by atoms with van der Waals surface area (Å²) < 4.78 is 50.3. The quantitative estimate of drug-likeness (QED) is 0.249. The van der Waals surface area contributed by atoms with Crippen LogP contribution in [0.2, 0.25) is 0 Å². The first-order valence-corrected chi connectivity index (χ1v) is 23.1. The highest BCUT2D eigenvalue weighted by Gasteiger charge is 2.60. The highest BCUT2D eigenvalue weighted by molar-refractivity contribution is 5.99. The molecule has 342 valence electrons. The molecule has 0 radical (unpaired) electrons. The molecule has 13 heteroatoms. The number of fused-ring (bicyclic) bond motifs is 5. The van der Waals surface area contributed by atoms with Crippen molar-refractivity contribution >= 4 is 17.4 Å². The topological polar surface area (TPSA) is 143 Å². The van der Waals surface area contributed by atoms with Crippen LogP contribution in [-0.2, 0) is 47.5 Å². The third kappa shape index (κ3) is 9.81. The third-order valence-corrected chi connectivity index (χ3v) is 15.2. The second kappa shape index (κ2) is 20.2. The third-order valence-electron chi connectivity index (χ3n) is 15.2. The molecule has 61 heavy (non-hydrogen) atoms. The maximum absolute atomic E-state index is 15.1. The second-order valence-electron chi connectivity index (χ2n) is 19.1. The lowest BCUT2D eigenvalue weighted by atomic mass is 9.62. The van der Waals surface area contributed by atoms with Crippen LogP contribution >= 0.6 is 0 Å². The summed E-state index contributed by atoms with van der Waals surface area (Å²) in [7, 11) is 9.08. The number of nitrogens with zero attached hydrogens (tertiary/aromatic N) is 1. The molecule has 5 fully saturated rings. The van der Waals surface area contributed by atoms with E-state index in [-0.39, 0.29) is 78.6 Å². The van der Waals surface area contributed by atoms with Gasteiger partial charge in [-0.2, -0.15) is 0 Å². The van der Waals surface area contributed by atoms with Gasteiger partial charge in [0.15, 0.2) is 18.4 Å². The zero-order valence-electron chi connectivity index (χ0n) is 38.2. The van der Waals surface area contributed by atoms with Gasteiger partial charge < -0.3 is 53.2 Å². The van der Waals surface area contributed by atoms with Crippen molar-refractivity contribution < 1.29 is 52.6 Å². The Morgan fingerprint density at radius 1 is 0.885 bits per heavy atom. The van der Waals surface area contributed by atoms with Crippen molar-refractivity contribution in [3.05, 3.63) is 41.5 Å². The Kier molecular flexibility index (Phi) is 15.4. The van der Waals surface area contributed by atoms with E-state index < -0.39 is 48.6 Å². The van der Waals surface area contributed by atoms with Crippen molar-refractivity contribution in [2.45, 2.75) is 172 Å². The van der Waals surface area contributed by atoms with Crippen LogP contribution in [0.5, 0.6) is 0 Å². The number of benzene rings is 1. The molecule has 0 spiro atoms. The Balaban J connectivity index is 1.20. The van der Waals surface area contributed by atoms with E-state index in [1.165, 1.54) is 0 Å². The summed E-state index contributed by atoms with van der Waals surface area (Å²) in [6.07, 6.45) is 3.57. The highest BCUT2D eigenvalue weighted by Crippen LogP contribution is 2.57. The Morgan fingerprint density at radius 2 is 1.62 bits per heavy atom. The van der Waals surface area contributed by atoms with E-state index in [1.807, 2.05) is 32.9 Å². The lowest BCUT2D eigenvalue weighted by Gasteiger charge is -2.47. The molecule has 0 amide bonds. The largest absolute Gasteiger partial charge is 0.462 e. The molecule has 13 nitrogen and oxygen atoms in total. The number of aliphatic hydroxyl groups excluding tert-OH is 1. The number of allylic oxidation sites excluding steroid dienone is 2. The van der Waals surface area contributed by atoms with Crippen LogP contribution in [-0.4, -0.2) is 137 Å². The molecule has 3 unspecified atom stereocenters. The average molecular weight is 855 g/mol. The van der Waals surface area contributed by atoms with Gasteiger partial charge in [0, 0.05) is 50.8 Å². The Labute approximate surface area is 363 Å². The van der Waals surface area contributed by atoms with Crippen molar-refractivity contribution in [2.24, 2.45) is 35.5 Å². The van der Waals surface area contributed by atoms with Gasteiger partial charge in [0.25, 0.3) is 0 Å². The number of cyclic esters (lactones) is 1. The molecule has 7 rings (SSSR count). The number of rotatable bonds is 11. The Hall–Kier alpha value is -2.46. The maximum atomic E-state index is 15.1. The first-order chi connectivity index (χ1) is 29.3. The van der Waals surface area contributed by atoms with Crippen LogP contribution in [0.1, 0.15) is 91.0 Å². The zero-order chi connectivity index (χ0) is 43.7. The zero-order valence-corrected chi connectivity index (χ0v) is 38.2. The number of Topliss-reactive ketones (excluding diaryl/α,β-unsaturated/α-hetero) is 1. The van der Waals surface area contributed by atoms with Crippen molar-refractivity contribution in [3.8, 4) is 0 Å². The first kappa shape index (κ1) is 46.5. The molecule has 2 saturated carbocycles. The molecule has 0 bridgehead atoms. The lowest BCUT2D eigenvalue weighted by Crippen LogP contribution is -2.59. The van der Waals surface area contributed by atoms with Gasteiger partial charge >= 0.3 is 5.97 Å². The van der Waals surface area contributed by atoms with Crippen LogP contribution in [0.25, 0.3) is 0 Å². The molecule has 0 aromatic heterocycles. The standard InChI is InChI=1S/C48H74N2O11/c1-11-30-16-13-17-38(61-40-19-18-37(50(6)7)27(4)57-40)26(3)43(52)36-23-33-32-21-31(60-48-47(56-10)46(55-9)45(54-8)28(5)58-48)22-35(32)42(49-29-15-12-14-25(2)20-29)44(53)41(33)34(36)24-39(51)59-30/h12,14-15,20,23,26-28,30-35,37-38,40-42,44-49,53H,11,13,16-19,21-22,24H2,1-10H3/t26-,27?,28?,30+,31+,32+,33+,34-,35-,37+,38+,40+,41-,42+,44+,45+,46?,47+,48+/m1/s1. The van der Waals surface area contributed by atoms with Gasteiger partial charge in [0.1, 0.15) is 24.4 Å². The predicted molar refractivity (Wildman–Crippen MR) is 230 cm³/mol. The number of ether oxygens (including phenoxy) is 8. The van der Waals surface area contributed by atoms with E-state index in [0.29, 0.717) is 43.7 Å². The van der Waals surface area contributed by atoms with E-state index in [9.17, 15) is 9.90 Å². The summed E-state index contributed by atoms with van der Waals surface area (Å²) in [5, 5.41) is 16.5. The Morgan fingerprint density at radius 3 is 2.30 bits per heavy atom. The molecule has 2 N–H and O–H groups in total. The number of methoxy groups -OCH3 is 3. The number of hydrogen-bond donors (Lipinski definition) is 2. The Bertz CT molecular complexity index is 1680. The number of carbonyl (C=O) groups excluding carboxylic acids is 2. The van der Waals surface area contributed by atoms with Gasteiger partial charge in [-0.25, -0.2) is 0 Å². The highest BCUT2D eigenvalue weighted by atomic mass is 16.7. The van der Waals surface area contributed by atoms with Gasteiger partial charge in [-0.1, -0.05) is 32.1 Å². The van der Waals surface area contributed by atoms with Gasteiger partial charge in [0.05, 0.1) is 43.0 Å². The summed E-state index contributed by atoms with van der Waals surface area (Å²) in [6, 6.07) is 8.12. The SMILES string of the molecule is CC[C@H]1CCC[C@H](O[C@H]2CC[C@H](N(C)C)C(C)O2)[C@@H](C)C(=O)C2=C[C@H]3[C@@H]4C[C@H](O[C@@H]5OC(C)[C@H](OC)C(OC)[C@@H]5OC)C[C@H]4[C@H](Nc4cccc(C)c4)[C@@H](O)[C@H]3[C@@H]2CC(=O)O1. The molecule has 6 aliphatic rings. The monoisotopic (exact) mass is 855 g/mol. The van der Waals surface area contributed by atoms with Gasteiger partial charge in [0.2, 0.25) is 0 Å². The van der Waals surface area contributed by atoms with Crippen LogP contribution < -0.4 is 5.32 Å². The van der Waals surface area contributed by atoms with Crippen LogP contribution in [0, 0.1) is 42.4 Å². The van der Waals surface area contributed by atoms with E-state index in [0.717, 1.165) is 30.5 Å². The van der Waals surface area contributed by atoms with Crippen LogP contribution in [0.15, 0.2) is 35.9 Å². The fourth-order valence-corrected chi connectivity index (χ4v) is 12.1. The van der Waals surface area contributed by atoms with E-state index in [4.69, 9.17) is 37.9 Å². The number of esters is 1. The lowest BCUT2D eigenvalue weighted by molar-refractivity contribution is -0.314. The molecule has 1 aromatic rings. The fraction of sp³-hybridized carbons (Fsp3) is 0.792. The van der Waals surface area contributed by atoms with E-state index in [2.05, 4.69) is 56.4 Å². The van der Waals surface area contributed by atoms with Crippen molar-refractivity contribution in [2.75, 3.05) is 40.7 Å². The molecule has 3 aliphatic heterocycles. The molecular formula is C48H74N2O11. The predicted octanol–water partition coefficient (Wildman–Crippen LogP) is 6.08. The number of likely N-dealkylation sites (N-methyl/N-ethyl adjacent to an activating group) is 1. The molecule has 3 saturated heterocycles. The van der Waals surface area contributed by atoms with Crippen molar-refractivity contribution in [1.29, 1.82) is 0 Å². The molecule has 3 aliphatic carbocycles. The van der Waals surface area contributed by atoms with Crippen LogP contribution in [0.3, 0.4) is 0 Å². The number of nitrogens with one attached hydrogen (secondary N) is 1. The van der Waals surface area contributed by atoms with Crippen molar-refractivity contribution in [3.63, 3.8) is 0 Å². The van der Waals surface area contributed by atoms with Gasteiger partial charge in [-0.05, 0) is 127 Å². The number of hydrogen-bond acceptors (Lipinski definition) is 13. The minimum Gasteiger partial charge on any atom is -0.462 e. The van der Waals surface area contributed by atoms with Crippen molar-refractivity contribution in [1.82, 2.24) is 4.90 Å². The second-order valence-corrected chi connectivity index (χ2v) is 19.1. The minimum atomic E-state index is -0.873. The molecule has 1 aromatic carbocycles. The first-order valence-electron chi connectivity index (χ1n) is 23.1. The van der Waals surface area contributed by atoms with E-state index in [1.54, 1.807) is 21.3 Å². The summed E-state index contributed by atoms with van der Waals surface area (Å²) in [5.41, 5.74) is 2.63. The summed E-state index contributed by atoms with van der Waals surface area (Å²) in [5.74, 6) is -1.88. The summed E-state index contributed by atoms with van der Waals surface area (Å²) in [6.45, 7) is 10.1. The summed E-state index contributed by atoms with van der Waals surface area (Å²) in [4.78, 5) is 31.2. The molecular weight excluding hydrogens is 781 g/mol. The number of ketones is 1. The van der Waals surface area contributed by atoms with Gasteiger partial charge in [-0.3, -0.25) is 9.59 Å². The maximum Gasteiger partial charge on any atom is 0.306 e. The molecule has 19 atom stereocenters. The normalized spacial score (nSPS) is 43.3. The number of carbonyl (C=O) groups is 2. The number of anilines is 1.